The topological polar surface area (TPSA) is 202 Å². The van der Waals surface area contributed by atoms with Crippen LogP contribution in [0.2, 0.25) is 0 Å². The second kappa shape index (κ2) is 14.8. The Labute approximate surface area is 175 Å². The van der Waals surface area contributed by atoms with Crippen molar-refractivity contribution >= 4 is 29.8 Å². The standard InChI is InChI=1S/C14H23N3O10.Cu/c18-10(19)5-15(1-3-16(6-11(20)21)7-12(22)23)2-4-17(8-13(24)25)9-14(26)27;/h1-9H2,(H,18,19)(H,20,21)(H,22,23)(H,24,25)(H,26,27);/q;+2/p+1. The van der Waals surface area contributed by atoms with Crippen molar-refractivity contribution in [1.82, 2.24) is 14.7 Å². The summed E-state index contributed by atoms with van der Waals surface area (Å²) >= 11 is 0. The average molecular weight is 458 g/mol. The minimum atomic E-state index is -1.50. The van der Waals surface area contributed by atoms with E-state index in [0.29, 0.717) is 0 Å². The molecule has 28 heavy (non-hydrogen) atoms. The van der Waals surface area contributed by atoms with Gasteiger partial charge in [0.1, 0.15) is 0 Å². The summed E-state index contributed by atoms with van der Waals surface area (Å²) in [4.78, 5) is 57.1. The molecular weight excluding hydrogens is 434 g/mol. The summed E-state index contributed by atoms with van der Waals surface area (Å²) in [5.41, 5.74) is 0. The Bertz CT molecular complexity index is 502. The van der Waals surface area contributed by atoms with Crippen molar-refractivity contribution < 1.29 is 70.9 Å². The van der Waals surface area contributed by atoms with E-state index < -0.39 is 62.6 Å². The summed E-state index contributed by atoms with van der Waals surface area (Å²) < 4.78 is 0. The first-order chi connectivity index (χ1) is 12.5. The fourth-order valence-electron chi connectivity index (χ4n) is 2.20. The van der Waals surface area contributed by atoms with E-state index in [1.165, 1.54) is 4.90 Å². The van der Waals surface area contributed by atoms with Crippen LogP contribution in [0.25, 0.3) is 0 Å². The van der Waals surface area contributed by atoms with Gasteiger partial charge in [-0.05, 0) is 0 Å². The zero-order valence-electron chi connectivity index (χ0n) is 17.7. The molecule has 0 aromatic heterocycles. The van der Waals surface area contributed by atoms with Crippen molar-refractivity contribution in [2.24, 2.45) is 0 Å². The smallest absolute Gasteiger partial charge is 0.549 e. The first-order valence-corrected chi connectivity index (χ1v) is 7.71. The van der Waals surface area contributed by atoms with Crippen LogP contribution < -0.4 is 10.2 Å². The first-order valence-electron chi connectivity index (χ1n) is 7.71. The maximum atomic E-state index is 10.9. The van der Waals surface area contributed by atoms with Gasteiger partial charge in [-0.3, -0.25) is 29.1 Å². The molecule has 0 unspecified atom stereocenters. The second-order valence-corrected chi connectivity index (χ2v) is 5.62. The fourth-order valence-corrected chi connectivity index (χ4v) is 2.20. The number of aliphatic carboxylic acids is 5. The molecule has 0 aliphatic carbocycles. The van der Waals surface area contributed by atoms with Gasteiger partial charge in [-0.15, -0.1) is 0 Å². The molecule has 0 bridgehead atoms. The quantitative estimate of drug-likeness (QED) is 0.186. The SMILES string of the molecule is O=C([O-])CN(CCN(CCN(CC(=O)[O-])CC(=O)O)CC(=O)O)CC(=O)O.[Cu+2].[H+].[H+].[H+]. The molecule has 163 valence electrons. The predicted octanol–water partition coefficient (Wildman–Crippen LogP) is -5.02. The van der Waals surface area contributed by atoms with Gasteiger partial charge >= 0.3 is 39.3 Å². The van der Waals surface area contributed by atoms with E-state index in [9.17, 15) is 34.2 Å². The third-order valence-electron chi connectivity index (χ3n) is 3.25. The van der Waals surface area contributed by atoms with Crippen LogP contribution in [0.4, 0.5) is 0 Å². The number of hydrogen-bond donors (Lipinski definition) is 3. The zero-order chi connectivity index (χ0) is 21.0. The zero-order valence-corrected chi connectivity index (χ0v) is 15.6. The third-order valence-corrected chi connectivity index (χ3v) is 3.25. The van der Waals surface area contributed by atoms with Crippen molar-refractivity contribution in [2.45, 2.75) is 0 Å². The van der Waals surface area contributed by atoms with Gasteiger partial charge in [0, 0.05) is 39.3 Å². The Morgan fingerprint density at radius 1 is 0.571 bits per heavy atom. The molecule has 0 aromatic rings. The number of hydrogen-bond acceptors (Lipinski definition) is 10. The average Bonchev–Trinajstić information content (AvgIpc) is 2.46. The molecule has 0 rings (SSSR count). The molecule has 0 heterocycles. The van der Waals surface area contributed by atoms with Crippen molar-refractivity contribution in [2.75, 3.05) is 58.9 Å². The Hall–Kier alpha value is -2.25. The van der Waals surface area contributed by atoms with Crippen LogP contribution in [0, 0.1) is 0 Å². The minimum Gasteiger partial charge on any atom is -0.549 e. The monoisotopic (exact) mass is 457 g/mol. The molecule has 1 radical (unpaired) electrons. The normalized spacial score (nSPS) is 10.7. The van der Waals surface area contributed by atoms with Gasteiger partial charge in [0.15, 0.2) is 0 Å². The molecule has 0 aliphatic rings. The maximum absolute atomic E-state index is 10.9. The van der Waals surface area contributed by atoms with Crippen molar-refractivity contribution in [1.29, 1.82) is 0 Å². The van der Waals surface area contributed by atoms with E-state index >= 15 is 0 Å². The second-order valence-electron chi connectivity index (χ2n) is 5.62. The summed E-state index contributed by atoms with van der Waals surface area (Å²) in [7, 11) is 0. The molecule has 0 amide bonds. The third kappa shape index (κ3) is 16.0. The number of rotatable bonds is 16. The maximum Gasteiger partial charge on any atom is 2.00 e. The summed E-state index contributed by atoms with van der Waals surface area (Å²) in [6.45, 7) is -3.29. The Kier molecular flexibility index (Phi) is 14.7. The Balaban J connectivity index is -0.000000563. The van der Waals surface area contributed by atoms with E-state index in [1.807, 2.05) is 0 Å². The molecule has 0 atom stereocenters. The van der Waals surface area contributed by atoms with Crippen LogP contribution in [0.15, 0.2) is 0 Å². The Morgan fingerprint density at radius 2 is 0.821 bits per heavy atom. The fraction of sp³-hybridized carbons (Fsp3) is 0.643. The summed E-state index contributed by atoms with van der Waals surface area (Å²) in [6.07, 6.45) is 0. The molecular formula is C14H24CuN3O10+3. The van der Waals surface area contributed by atoms with Crippen molar-refractivity contribution in [3.05, 3.63) is 0 Å². The van der Waals surface area contributed by atoms with Gasteiger partial charge < -0.3 is 35.1 Å². The van der Waals surface area contributed by atoms with Crippen LogP contribution in [-0.2, 0) is 41.0 Å². The minimum absolute atomic E-state index is 0. The van der Waals surface area contributed by atoms with Crippen LogP contribution >= 0.6 is 0 Å². The van der Waals surface area contributed by atoms with Crippen LogP contribution in [0.5, 0.6) is 0 Å². The molecule has 0 aliphatic heterocycles. The molecule has 0 saturated carbocycles. The number of carbonyl (C=O) groups excluding carboxylic acids is 2. The van der Waals surface area contributed by atoms with Crippen molar-refractivity contribution in [3.63, 3.8) is 0 Å². The largest absolute Gasteiger partial charge is 2.00 e. The number of carboxylic acids is 5. The summed E-state index contributed by atoms with van der Waals surface area (Å²) in [5, 5.41) is 47.8. The van der Waals surface area contributed by atoms with Gasteiger partial charge in [-0.2, -0.15) is 0 Å². The van der Waals surface area contributed by atoms with Gasteiger partial charge in [0.25, 0.3) is 0 Å². The van der Waals surface area contributed by atoms with E-state index in [0.717, 1.165) is 9.80 Å². The number of carbonyl (C=O) groups is 5. The van der Waals surface area contributed by atoms with Crippen molar-refractivity contribution in [3.8, 4) is 0 Å². The summed E-state index contributed by atoms with van der Waals surface area (Å²) in [5.74, 6) is -6.76. The van der Waals surface area contributed by atoms with Gasteiger partial charge in [-0.25, -0.2) is 0 Å². The number of carboxylic acid groups (broad SMARTS) is 5. The first kappa shape index (κ1) is 28.0. The van der Waals surface area contributed by atoms with E-state index in [1.54, 1.807) is 0 Å². The molecule has 0 spiro atoms. The van der Waals surface area contributed by atoms with Gasteiger partial charge in [-0.1, -0.05) is 0 Å². The predicted molar refractivity (Wildman–Crippen MR) is 85.6 cm³/mol. The molecule has 0 saturated heterocycles. The molecule has 14 heteroatoms. The van der Waals surface area contributed by atoms with E-state index in [-0.39, 0.29) is 47.5 Å². The molecule has 0 fully saturated rings. The van der Waals surface area contributed by atoms with Crippen LogP contribution in [0.3, 0.4) is 0 Å². The molecule has 0 aromatic carbocycles. The van der Waals surface area contributed by atoms with Crippen LogP contribution in [-0.4, -0.2) is 119 Å². The van der Waals surface area contributed by atoms with Gasteiger partial charge in [0.2, 0.25) is 0 Å². The van der Waals surface area contributed by atoms with Crippen LogP contribution in [0.1, 0.15) is 4.28 Å². The molecule has 3 N–H and O–H groups in total. The molecule has 13 nitrogen and oxygen atoms in total. The Morgan fingerprint density at radius 3 is 1.07 bits per heavy atom. The number of nitrogens with zero attached hydrogens (tertiary/aromatic N) is 3. The van der Waals surface area contributed by atoms with E-state index in [4.69, 9.17) is 15.3 Å². The van der Waals surface area contributed by atoms with Gasteiger partial charge in [0.05, 0.1) is 31.6 Å². The summed E-state index contributed by atoms with van der Waals surface area (Å²) in [6, 6.07) is 0. The van der Waals surface area contributed by atoms with E-state index in [2.05, 4.69) is 0 Å².